The number of methoxy groups -OCH3 is 2. The molecule has 0 atom stereocenters. The molecule has 1 rings (SSSR count). The van der Waals surface area contributed by atoms with Crippen molar-refractivity contribution in [2.75, 3.05) is 27.9 Å². The second-order valence-electron chi connectivity index (χ2n) is 3.90. The van der Waals surface area contributed by atoms with Crippen LogP contribution in [0.4, 0.5) is 4.79 Å². The summed E-state index contributed by atoms with van der Waals surface area (Å²) in [5, 5.41) is 11.8. The topological polar surface area (TPSA) is 124 Å². The molecule has 0 fully saturated rings. The first-order valence-electron chi connectivity index (χ1n) is 6.04. The lowest BCUT2D eigenvalue weighted by atomic mass is 10.2. The van der Waals surface area contributed by atoms with Gasteiger partial charge in [-0.3, -0.25) is 10.1 Å². The Morgan fingerprint density at radius 3 is 2.57 bits per heavy atom. The van der Waals surface area contributed by atoms with Crippen LogP contribution in [0, 0.1) is 0 Å². The van der Waals surface area contributed by atoms with E-state index in [0.29, 0.717) is 18.7 Å². The van der Waals surface area contributed by atoms with Crippen LogP contribution in [0.3, 0.4) is 0 Å². The van der Waals surface area contributed by atoms with E-state index in [1.165, 1.54) is 25.9 Å². The highest BCUT2D eigenvalue weighted by Gasteiger charge is 2.21. The number of urea groups is 1. The summed E-state index contributed by atoms with van der Waals surface area (Å²) < 4.78 is 10.8. The van der Waals surface area contributed by atoms with Gasteiger partial charge in [-0.1, -0.05) is 5.21 Å². The molecule has 0 aliphatic heterocycles. The number of ether oxygens (including phenoxy) is 2. The smallest absolute Gasteiger partial charge is 0.360 e. The Kier molecular flexibility index (Phi) is 6.27. The van der Waals surface area contributed by atoms with E-state index >= 15 is 0 Å². The van der Waals surface area contributed by atoms with E-state index in [0.717, 1.165) is 0 Å². The van der Waals surface area contributed by atoms with Crippen molar-refractivity contribution in [2.24, 2.45) is 0 Å². The normalized spacial score (nSPS) is 10.0. The van der Waals surface area contributed by atoms with E-state index in [4.69, 9.17) is 4.74 Å². The number of rotatable bonds is 6. The number of amides is 3. The minimum Gasteiger partial charge on any atom is -0.464 e. The van der Waals surface area contributed by atoms with Gasteiger partial charge in [0.1, 0.15) is 6.54 Å². The lowest BCUT2D eigenvalue weighted by molar-refractivity contribution is -0.120. The molecule has 0 saturated carbocycles. The van der Waals surface area contributed by atoms with Gasteiger partial charge in [-0.2, -0.15) is 0 Å². The molecule has 0 saturated heterocycles. The highest BCUT2D eigenvalue weighted by Crippen LogP contribution is 2.08. The third kappa shape index (κ3) is 4.53. The van der Waals surface area contributed by atoms with Gasteiger partial charge in [0.05, 0.1) is 19.4 Å². The zero-order valence-corrected chi connectivity index (χ0v) is 12.0. The molecule has 116 valence electrons. The number of hydrogen-bond donors (Lipinski definition) is 2. The molecule has 1 heterocycles. The highest BCUT2D eigenvalue weighted by atomic mass is 16.5. The second kappa shape index (κ2) is 7.94. The van der Waals surface area contributed by atoms with Crippen LogP contribution in [0.15, 0.2) is 0 Å². The fraction of sp³-hybridized carbons (Fsp3) is 0.545. The lowest BCUT2D eigenvalue weighted by Crippen LogP contribution is -2.39. The number of aromatic nitrogens is 3. The fourth-order valence-corrected chi connectivity index (χ4v) is 1.53. The van der Waals surface area contributed by atoms with Gasteiger partial charge in [-0.15, -0.1) is 5.10 Å². The summed E-state index contributed by atoms with van der Waals surface area (Å²) in [4.78, 5) is 34.3. The average molecular weight is 299 g/mol. The number of nitrogens with one attached hydrogen (secondary N) is 2. The quantitative estimate of drug-likeness (QED) is 0.626. The van der Waals surface area contributed by atoms with Gasteiger partial charge in [0.25, 0.3) is 0 Å². The lowest BCUT2D eigenvalue weighted by Gasteiger charge is -2.07. The van der Waals surface area contributed by atoms with Crippen molar-refractivity contribution in [3.8, 4) is 0 Å². The van der Waals surface area contributed by atoms with Gasteiger partial charge in [-0.05, 0) is 0 Å². The number of hydrogen-bond acceptors (Lipinski definition) is 7. The van der Waals surface area contributed by atoms with E-state index in [1.807, 2.05) is 0 Å². The molecule has 0 radical (unpaired) electrons. The maximum absolute atomic E-state index is 11.6. The third-order valence-corrected chi connectivity index (χ3v) is 2.53. The zero-order chi connectivity index (χ0) is 15.8. The van der Waals surface area contributed by atoms with E-state index in [-0.39, 0.29) is 12.2 Å². The van der Waals surface area contributed by atoms with Gasteiger partial charge in [-0.25, -0.2) is 14.3 Å². The van der Waals surface area contributed by atoms with Gasteiger partial charge in [0.2, 0.25) is 5.91 Å². The molecule has 2 N–H and O–H groups in total. The van der Waals surface area contributed by atoms with E-state index in [1.54, 1.807) is 0 Å². The Bertz CT molecular complexity index is 527. The molecule has 3 amide bonds. The molecule has 0 unspecified atom stereocenters. The van der Waals surface area contributed by atoms with Crippen LogP contribution in [0.25, 0.3) is 0 Å². The standard InChI is InChI=1S/C11H17N5O5/c1-12-11(19)13-8(17)6-16-7(4-5-20-2)9(14-15-16)10(18)21-3/h4-6H2,1-3H3,(H2,12,13,17,19). The molecule has 0 aromatic carbocycles. The Morgan fingerprint density at radius 1 is 1.29 bits per heavy atom. The van der Waals surface area contributed by atoms with Crippen LogP contribution in [0.1, 0.15) is 16.2 Å². The minimum atomic E-state index is -0.654. The zero-order valence-electron chi connectivity index (χ0n) is 12.0. The monoisotopic (exact) mass is 299 g/mol. The van der Waals surface area contributed by atoms with Crippen LogP contribution in [0.2, 0.25) is 0 Å². The Balaban J connectivity index is 2.90. The average Bonchev–Trinajstić information content (AvgIpc) is 2.86. The molecule has 1 aromatic heterocycles. The summed E-state index contributed by atoms with van der Waals surface area (Å²) in [6.07, 6.45) is 0.321. The molecule has 10 heteroatoms. The SMILES string of the molecule is CNC(=O)NC(=O)Cn1nnc(C(=O)OC)c1CCOC. The highest BCUT2D eigenvalue weighted by molar-refractivity contribution is 5.94. The number of carbonyl (C=O) groups is 3. The van der Waals surface area contributed by atoms with Crippen molar-refractivity contribution in [1.29, 1.82) is 0 Å². The molecule has 0 bridgehead atoms. The summed E-state index contributed by atoms with van der Waals surface area (Å²) in [6, 6.07) is -0.633. The molecule has 21 heavy (non-hydrogen) atoms. The fourth-order valence-electron chi connectivity index (χ4n) is 1.53. The van der Waals surface area contributed by atoms with Crippen molar-refractivity contribution in [1.82, 2.24) is 25.6 Å². The van der Waals surface area contributed by atoms with E-state index < -0.39 is 17.9 Å². The van der Waals surface area contributed by atoms with E-state index in [9.17, 15) is 14.4 Å². The molecular formula is C11H17N5O5. The molecule has 0 aliphatic carbocycles. The predicted molar refractivity (Wildman–Crippen MR) is 69.5 cm³/mol. The summed E-state index contributed by atoms with van der Waals surface area (Å²) in [5.41, 5.74) is 0.415. The molecule has 10 nitrogen and oxygen atoms in total. The van der Waals surface area contributed by atoms with Gasteiger partial charge < -0.3 is 14.8 Å². The predicted octanol–water partition coefficient (Wildman–Crippen LogP) is -1.29. The Hall–Kier alpha value is -2.49. The third-order valence-electron chi connectivity index (χ3n) is 2.53. The van der Waals surface area contributed by atoms with Crippen molar-refractivity contribution < 1.29 is 23.9 Å². The second-order valence-corrected chi connectivity index (χ2v) is 3.90. The van der Waals surface area contributed by atoms with Crippen molar-refractivity contribution in [3.05, 3.63) is 11.4 Å². The number of esters is 1. The van der Waals surface area contributed by atoms with Crippen molar-refractivity contribution in [2.45, 2.75) is 13.0 Å². The summed E-state index contributed by atoms with van der Waals surface area (Å²) in [6.45, 7) is 0.0604. The maximum atomic E-state index is 11.6. The van der Waals surface area contributed by atoms with Crippen LogP contribution >= 0.6 is 0 Å². The molecule has 0 spiro atoms. The number of carbonyl (C=O) groups excluding carboxylic acids is 3. The van der Waals surface area contributed by atoms with E-state index in [2.05, 4.69) is 25.7 Å². The van der Waals surface area contributed by atoms with Crippen LogP contribution < -0.4 is 10.6 Å². The first kappa shape index (κ1) is 16.6. The maximum Gasteiger partial charge on any atom is 0.360 e. The number of nitrogens with zero attached hydrogens (tertiary/aromatic N) is 3. The Morgan fingerprint density at radius 2 is 2.00 bits per heavy atom. The summed E-state index contributed by atoms with van der Waals surface area (Å²) in [5.74, 6) is -1.24. The molecular weight excluding hydrogens is 282 g/mol. The van der Waals surface area contributed by atoms with Crippen LogP contribution in [0.5, 0.6) is 0 Å². The largest absolute Gasteiger partial charge is 0.464 e. The summed E-state index contributed by atoms with van der Waals surface area (Å²) in [7, 11) is 4.11. The summed E-state index contributed by atoms with van der Waals surface area (Å²) >= 11 is 0. The minimum absolute atomic E-state index is 0.0160. The number of imide groups is 1. The van der Waals surface area contributed by atoms with Crippen LogP contribution in [-0.2, 0) is 27.2 Å². The van der Waals surface area contributed by atoms with Gasteiger partial charge >= 0.3 is 12.0 Å². The molecule has 0 aliphatic rings. The van der Waals surface area contributed by atoms with Crippen molar-refractivity contribution >= 4 is 17.9 Å². The Labute approximate surface area is 120 Å². The first-order valence-corrected chi connectivity index (χ1v) is 6.04. The molecule has 1 aromatic rings. The van der Waals surface area contributed by atoms with Crippen molar-refractivity contribution in [3.63, 3.8) is 0 Å². The van der Waals surface area contributed by atoms with Gasteiger partial charge in [0, 0.05) is 20.6 Å². The van der Waals surface area contributed by atoms with Crippen LogP contribution in [-0.4, -0.2) is 60.8 Å². The van der Waals surface area contributed by atoms with Gasteiger partial charge in [0.15, 0.2) is 5.69 Å². The first-order chi connectivity index (χ1) is 10.0.